The first kappa shape index (κ1) is 47.2. The Kier molecular flexibility index (Phi) is 14.8. The van der Waals surface area contributed by atoms with Crippen LogP contribution in [-0.2, 0) is 11.3 Å². The molecule has 0 amide bonds. The van der Waals surface area contributed by atoms with Crippen LogP contribution in [0.3, 0.4) is 0 Å². The first-order valence-electron chi connectivity index (χ1n) is 22.6. The van der Waals surface area contributed by atoms with E-state index in [1.807, 2.05) is 6.07 Å². The molecule has 0 unspecified atom stereocenters. The van der Waals surface area contributed by atoms with Gasteiger partial charge in [0, 0.05) is 82.4 Å². The highest BCUT2D eigenvalue weighted by Crippen LogP contribution is 2.43. The molecule has 0 bridgehead atoms. The maximum absolute atomic E-state index is 17.6. The second kappa shape index (κ2) is 20.1. The minimum Gasteiger partial charge on any atom is -0.468 e. The van der Waals surface area contributed by atoms with Crippen LogP contribution in [0.5, 0.6) is 11.8 Å². The largest absolute Gasteiger partial charge is 0.468 e. The van der Waals surface area contributed by atoms with E-state index in [-0.39, 0.29) is 78.3 Å². The maximum atomic E-state index is 17.6. The van der Waals surface area contributed by atoms with Crippen molar-refractivity contribution in [2.24, 2.45) is 5.92 Å². The Morgan fingerprint density at radius 1 is 0.844 bits per heavy atom. The Bertz CT molecular complexity index is 2450. The zero-order valence-corrected chi connectivity index (χ0v) is 39.5. The van der Waals surface area contributed by atoms with E-state index in [0.717, 1.165) is 39.3 Å². The summed E-state index contributed by atoms with van der Waals surface area (Å²) < 4.78 is 81.1. The third-order valence-electron chi connectivity index (χ3n) is 13.0. The van der Waals surface area contributed by atoms with Crippen LogP contribution in [0.4, 0.5) is 23.4 Å². The standard InChI is InChI=1S/C50H62F4N6O3Si/c1-33(2)64(34(3)4,35(5)6)24-17-40-43(51)16-15-38-25-39(63-32-61-8)26-41(44(38)40)46-45(52)47-42(27-55-46)48(60-19-12-18-50(53,54)31-60)57-49(56-47)62-30-36(7)28-58-20-22-59(23-21-58)29-37-13-10-9-11-14-37/h9-11,13-16,25-27,33-36H,12,18-23,28-32H2,1-8H3/t36-/m1/s1. The number of alkyl halides is 2. The number of aromatic nitrogens is 3. The first-order chi connectivity index (χ1) is 30.6. The number of benzene rings is 3. The van der Waals surface area contributed by atoms with Crippen molar-refractivity contribution in [3.63, 3.8) is 0 Å². The van der Waals surface area contributed by atoms with E-state index in [0.29, 0.717) is 33.1 Å². The molecule has 5 aromatic rings. The fraction of sp³-hybridized carbons (Fsp3) is 0.500. The smallest absolute Gasteiger partial charge is 0.319 e. The van der Waals surface area contributed by atoms with E-state index in [4.69, 9.17) is 14.2 Å². The quantitative estimate of drug-likeness (QED) is 0.0442. The summed E-state index contributed by atoms with van der Waals surface area (Å²) in [6.07, 6.45) is 1.38. The van der Waals surface area contributed by atoms with Gasteiger partial charge in [-0.15, -0.1) is 5.54 Å². The summed E-state index contributed by atoms with van der Waals surface area (Å²) in [5.41, 5.74) is 5.92. The molecule has 0 radical (unpaired) electrons. The van der Waals surface area contributed by atoms with Gasteiger partial charge in [-0.3, -0.25) is 9.88 Å². The summed E-state index contributed by atoms with van der Waals surface area (Å²) in [4.78, 5) is 20.2. The minimum absolute atomic E-state index is 0.0557. The fourth-order valence-corrected chi connectivity index (χ4v) is 15.1. The highest BCUT2D eigenvalue weighted by Gasteiger charge is 2.42. The number of anilines is 1. The Morgan fingerprint density at radius 2 is 1.55 bits per heavy atom. The Balaban J connectivity index is 1.27. The van der Waals surface area contributed by atoms with Gasteiger partial charge >= 0.3 is 6.01 Å². The van der Waals surface area contributed by atoms with E-state index in [2.05, 4.69) is 109 Å². The van der Waals surface area contributed by atoms with Crippen LogP contribution in [0.25, 0.3) is 32.9 Å². The Hall–Kier alpha value is -4.81. The van der Waals surface area contributed by atoms with Crippen LogP contribution < -0.4 is 14.4 Å². The summed E-state index contributed by atoms with van der Waals surface area (Å²) in [6.45, 7) is 20.5. The molecule has 4 heterocycles. The van der Waals surface area contributed by atoms with Gasteiger partial charge in [-0.05, 0) is 52.2 Å². The van der Waals surface area contributed by atoms with Crippen molar-refractivity contribution in [3.8, 4) is 34.5 Å². The van der Waals surface area contributed by atoms with Crippen molar-refractivity contribution in [2.45, 2.75) is 90.4 Å². The third-order valence-corrected chi connectivity index (χ3v) is 19.3. The molecule has 3 aromatic carbocycles. The van der Waals surface area contributed by atoms with Crippen LogP contribution in [0, 0.1) is 29.0 Å². The number of halogens is 4. The summed E-state index contributed by atoms with van der Waals surface area (Å²) in [6, 6.07) is 16.7. The van der Waals surface area contributed by atoms with Crippen molar-refractivity contribution in [2.75, 3.05) is 71.2 Å². The average molecular weight is 899 g/mol. The van der Waals surface area contributed by atoms with Crippen LogP contribution >= 0.6 is 0 Å². The number of rotatable bonds is 15. The summed E-state index contributed by atoms with van der Waals surface area (Å²) in [5.74, 6) is -0.515. The second-order valence-electron chi connectivity index (χ2n) is 18.6. The number of piperidine rings is 1. The predicted octanol–water partition coefficient (Wildman–Crippen LogP) is 10.7. The monoisotopic (exact) mass is 898 g/mol. The molecule has 9 nitrogen and oxygen atoms in total. The summed E-state index contributed by atoms with van der Waals surface area (Å²) in [7, 11) is -0.836. The van der Waals surface area contributed by atoms with Crippen LogP contribution in [0.2, 0.25) is 16.6 Å². The topological polar surface area (TPSA) is 76.1 Å². The molecule has 0 saturated carbocycles. The summed E-state index contributed by atoms with van der Waals surface area (Å²) >= 11 is 0. The van der Waals surface area contributed by atoms with Crippen LogP contribution in [0.15, 0.2) is 60.8 Å². The van der Waals surface area contributed by atoms with E-state index in [9.17, 15) is 8.78 Å². The van der Waals surface area contributed by atoms with Gasteiger partial charge in [0.15, 0.2) is 12.6 Å². The van der Waals surface area contributed by atoms with Gasteiger partial charge in [0.1, 0.15) is 36.7 Å². The van der Waals surface area contributed by atoms with Crippen molar-refractivity contribution in [1.82, 2.24) is 24.8 Å². The predicted molar refractivity (Wildman–Crippen MR) is 250 cm³/mol. The molecule has 7 rings (SSSR count). The van der Waals surface area contributed by atoms with E-state index >= 15 is 8.78 Å². The number of piperazine rings is 1. The number of pyridine rings is 1. The zero-order chi connectivity index (χ0) is 45.8. The lowest BCUT2D eigenvalue weighted by molar-refractivity contribution is -0.0118. The van der Waals surface area contributed by atoms with Crippen molar-refractivity contribution in [3.05, 3.63) is 83.6 Å². The third kappa shape index (κ3) is 10.3. The van der Waals surface area contributed by atoms with E-state index in [1.54, 1.807) is 18.2 Å². The average Bonchev–Trinajstić information content (AvgIpc) is 3.26. The summed E-state index contributed by atoms with van der Waals surface area (Å²) in [5, 5.41) is 1.10. The van der Waals surface area contributed by atoms with Crippen molar-refractivity contribution >= 4 is 35.6 Å². The van der Waals surface area contributed by atoms with Crippen LogP contribution in [-0.4, -0.2) is 105 Å². The van der Waals surface area contributed by atoms with Crippen molar-refractivity contribution < 1.29 is 31.8 Å². The molecule has 14 heteroatoms. The SMILES string of the molecule is COCOc1cc(-c2ncc3c(N4CCCC(F)(F)C4)nc(OC[C@H](C)CN4CCN(Cc5ccccc5)CC4)nc3c2F)c2c(C#C[Si](C(C)C)(C(C)C)C(C)C)c(F)ccc2c1. The lowest BCUT2D eigenvalue weighted by Crippen LogP contribution is -2.47. The number of fused-ring (bicyclic) bond motifs is 2. The van der Waals surface area contributed by atoms with Gasteiger partial charge in [0.25, 0.3) is 5.92 Å². The lowest BCUT2D eigenvalue weighted by atomic mass is 9.95. The number of hydrogen-bond acceptors (Lipinski definition) is 9. The molecule has 0 N–H and O–H groups in total. The van der Waals surface area contributed by atoms with Gasteiger partial charge in [0.2, 0.25) is 0 Å². The molecule has 2 saturated heterocycles. The van der Waals surface area contributed by atoms with Crippen LogP contribution in [0.1, 0.15) is 72.4 Å². The molecule has 2 aromatic heterocycles. The molecule has 2 aliphatic heterocycles. The fourth-order valence-electron chi connectivity index (χ4n) is 9.88. The Labute approximate surface area is 376 Å². The molecular formula is C50H62F4N6O3Si. The normalized spacial score (nSPS) is 16.8. The number of nitrogens with zero attached hydrogens (tertiary/aromatic N) is 6. The van der Waals surface area contributed by atoms with E-state index in [1.165, 1.54) is 29.8 Å². The lowest BCUT2D eigenvalue weighted by Gasteiger charge is -2.38. The molecule has 64 heavy (non-hydrogen) atoms. The Morgan fingerprint density at radius 3 is 2.22 bits per heavy atom. The number of methoxy groups -OCH3 is 1. The molecule has 1 atom stereocenters. The molecular weight excluding hydrogens is 837 g/mol. The van der Waals surface area contributed by atoms with Gasteiger partial charge in [0.05, 0.1) is 24.1 Å². The number of ether oxygens (including phenoxy) is 3. The van der Waals surface area contributed by atoms with Gasteiger partial charge in [-0.25, -0.2) is 17.6 Å². The van der Waals surface area contributed by atoms with Gasteiger partial charge in [-0.2, -0.15) is 9.97 Å². The van der Waals surface area contributed by atoms with Gasteiger partial charge < -0.3 is 24.0 Å². The molecule has 342 valence electrons. The van der Waals surface area contributed by atoms with Crippen molar-refractivity contribution in [1.29, 1.82) is 0 Å². The molecule has 0 aliphatic carbocycles. The second-order valence-corrected chi connectivity index (χ2v) is 24.1. The minimum atomic E-state index is -2.97. The molecule has 2 fully saturated rings. The highest BCUT2D eigenvalue weighted by atomic mass is 28.3. The maximum Gasteiger partial charge on any atom is 0.319 e. The number of hydrogen-bond donors (Lipinski definition) is 0. The highest BCUT2D eigenvalue weighted by molar-refractivity contribution is 6.90. The molecule has 2 aliphatic rings. The molecule has 0 spiro atoms. The zero-order valence-electron chi connectivity index (χ0n) is 38.5. The van der Waals surface area contributed by atoms with E-state index < -0.39 is 32.2 Å². The first-order valence-corrected chi connectivity index (χ1v) is 24.8. The van der Waals surface area contributed by atoms with Gasteiger partial charge in [-0.1, -0.05) is 90.8 Å².